The Balaban J connectivity index is 2.72. The van der Waals surface area contributed by atoms with Crippen molar-refractivity contribution in [3.05, 3.63) is 22.4 Å². The van der Waals surface area contributed by atoms with Crippen LogP contribution in [-0.2, 0) is 0 Å². The normalized spacial score (nSPS) is 13.1. The zero-order valence-electron chi connectivity index (χ0n) is 11.4. The Labute approximate surface area is 117 Å². The Morgan fingerprint density at radius 2 is 2.06 bits per heavy atom. The standard InChI is InChI=1S/C13H22BrN3O/c1-8(2)11(15)6-16-13(18)12-5-10(14)7-17(12)9(3)4/h5,7-9,11H,6,15H2,1-4H3,(H,16,18). The maximum absolute atomic E-state index is 12.1. The summed E-state index contributed by atoms with van der Waals surface area (Å²) in [5, 5.41) is 2.88. The van der Waals surface area contributed by atoms with Gasteiger partial charge < -0.3 is 15.6 Å². The molecule has 1 atom stereocenters. The monoisotopic (exact) mass is 315 g/mol. The third-order valence-corrected chi connectivity index (χ3v) is 3.39. The van der Waals surface area contributed by atoms with Gasteiger partial charge in [0.1, 0.15) is 5.69 Å². The number of hydrogen-bond donors (Lipinski definition) is 2. The van der Waals surface area contributed by atoms with Crippen molar-refractivity contribution in [1.82, 2.24) is 9.88 Å². The van der Waals surface area contributed by atoms with E-state index in [0.717, 1.165) is 4.47 Å². The zero-order valence-corrected chi connectivity index (χ0v) is 13.0. The molecule has 4 nitrogen and oxygen atoms in total. The lowest BCUT2D eigenvalue weighted by Crippen LogP contribution is -2.40. The first-order valence-corrected chi connectivity index (χ1v) is 7.03. The van der Waals surface area contributed by atoms with Gasteiger partial charge in [-0.15, -0.1) is 0 Å². The van der Waals surface area contributed by atoms with Gasteiger partial charge in [0.05, 0.1) is 0 Å². The van der Waals surface area contributed by atoms with Crippen LogP contribution in [0.15, 0.2) is 16.7 Å². The zero-order chi connectivity index (χ0) is 13.9. The summed E-state index contributed by atoms with van der Waals surface area (Å²) in [5.74, 6) is 0.277. The van der Waals surface area contributed by atoms with Crippen LogP contribution in [0, 0.1) is 5.92 Å². The molecule has 18 heavy (non-hydrogen) atoms. The Kier molecular flexibility index (Phi) is 5.41. The number of hydrogen-bond acceptors (Lipinski definition) is 2. The molecular formula is C13H22BrN3O. The van der Waals surface area contributed by atoms with E-state index in [9.17, 15) is 4.79 Å². The lowest BCUT2D eigenvalue weighted by Gasteiger charge is -2.17. The van der Waals surface area contributed by atoms with Crippen LogP contribution in [0.2, 0.25) is 0 Å². The van der Waals surface area contributed by atoms with Crippen LogP contribution < -0.4 is 11.1 Å². The number of nitrogens with two attached hydrogens (primary N) is 1. The summed E-state index contributed by atoms with van der Waals surface area (Å²) in [6, 6.07) is 2.06. The molecular weight excluding hydrogens is 294 g/mol. The SMILES string of the molecule is CC(C)C(N)CNC(=O)c1cc(Br)cn1C(C)C. The topological polar surface area (TPSA) is 60.0 Å². The smallest absolute Gasteiger partial charge is 0.268 e. The molecule has 0 bridgehead atoms. The fraction of sp³-hybridized carbons (Fsp3) is 0.615. The maximum Gasteiger partial charge on any atom is 0.268 e. The highest BCUT2D eigenvalue weighted by molar-refractivity contribution is 9.10. The lowest BCUT2D eigenvalue weighted by atomic mass is 10.1. The van der Waals surface area contributed by atoms with Gasteiger partial charge in [-0.05, 0) is 41.8 Å². The predicted octanol–water partition coefficient (Wildman–Crippen LogP) is 2.54. The van der Waals surface area contributed by atoms with Gasteiger partial charge in [0, 0.05) is 29.3 Å². The number of halogens is 1. The van der Waals surface area contributed by atoms with Gasteiger partial charge in [-0.1, -0.05) is 13.8 Å². The molecule has 0 radical (unpaired) electrons. The highest BCUT2D eigenvalue weighted by Crippen LogP contribution is 2.19. The van der Waals surface area contributed by atoms with E-state index in [1.54, 1.807) is 0 Å². The Bertz CT molecular complexity index is 412. The fourth-order valence-electron chi connectivity index (χ4n) is 1.59. The molecule has 102 valence electrons. The number of nitrogens with zero attached hydrogens (tertiary/aromatic N) is 1. The summed E-state index contributed by atoms with van der Waals surface area (Å²) in [4.78, 5) is 12.1. The van der Waals surface area contributed by atoms with Crippen molar-refractivity contribution in [2.24, 2.45) is 11.7 Å². The van der Waals surface area contributed by atoms with Crippen LogP contribution in [0.3, 0.4) is 0 Å². The van der Waals surface area contributed by atoms with Gasteiger partial charge in [0.25, 0.3) is 5.91 Å². The number of nitrogens with one attached hydrogen (secondary N) is 1. The van der Waals surface area contributed by atoms with E-state index in [-0.39, 0.29) is 18.0 Å². The molecule has 0 aliphatic heterocycles. The van der Waals surface area contributed by atoms with Gasteiger partial charge in [-0.25, -0.2) is 0 Å². The van der Waals surface area contributed by atoms with Crippen LogP contribution in [0.5, 0.6) is 0 Å². The highest BCUT2D eigenvalue weighted by atomic mass is 79.9. The summed E-state index contributed by atoms with van der Waals surface area (Å²) in [5.41, 5.74) is 6.58. The number of carbonyl (C=O) groups excluding carboxylic acids is 1. The summed E-state index contributed by atoms with van der Waals surface area (Å²) in [7, 11) is 0. The van der Waals surface area contributed by atoms with Crippen molar-refractivity contribution < 1.29 is 4.79 Å². The second-order valence-corrected chi connectivity index (χ2v) is 6.08. The molecule has 0 fully saturated rings. The van der Waals surface area contributed by atoms with Crippen LogP contribution in [0.25, 0.3) is 0 Å². The van der Waals surface area contributed by atoms with E-state index in [1.807, 2.05) is 44.5 Å². The minimum atomic E-state index is -0.0782. The Morgan fingerprint density at radius 3 is 2.56 bits per heavy atom. The first-order valence-electron chi connectivity index (χ1n) is 6.24. The molecule has 1 amide bonds. The molecule has 0 aromatic carbocycles. The third kappa shape index (κ3) is 3.85. The minimum Gasteiger partial charge on any atom is -0.349 e. The highest BCUT2D eigenvalue weighted by Gasteiger charge is 2.16. The molecule has 0 saturated heterocycles. The van der Waals surface area contributed by atoms with Crippen molar-refractivity contribution in [2.75, 3.05) is 6.54 Å². The van der Waals surface area contributed by atoms with E-state index >= 15 is 0 Å². The average Bonchev–Trinajstić information content (AvgIpc) is 2.67. The van der Waals surface area contributed by atoms with Crippen LogP contribution >= 0.6 is 15.9 Å². The maximum atomic E-state index is 12.1. The Morgan fingerprint density at radius 1 is 1.44 bits per heavy atom. The molecule has 1 unspecified atom stereocenters. The van der Waals surface area contributed by atoms with Crippen LogP contribution in [0.1, 0.15) is 44.2 Å². The number of aromatic nitrogens is 1. The van der Waals surface area contributed by atoms with Crippen LogP contribution in [-0.4, -0.2) is 23.1 Å². The van der Waals surface area contributed by atoms with Gasteiger partial charge in [-0.2, -0.15) is 0 Å². The second-order valence-electron chi connectivity index (χ2n) is 5.16. The summed E-state index contributed by atoms with van der Waals surface area (Å²) in [6.07, 6.45) is 1.92. The van der Waals surface area contributed by atoms with Crippen LogP contribution in [0.4, 0.5) is 0 Å². The largest absolute Gasteiger partial charge is 0.349 e. The molecule has 1 rings (SSSR count). The minimum absolute atomic E-state index is 0.0140. The molecule has 1 aromatic heterocycles. The average molecular weight is 316 g/mol. The van der Waals surface area contributed by atoms with Crippen molar-refractivity contribution in [1.29, 1.82) is 0 Å². The van der Waals surface area contributed by atoms with Gasteiger partial charge >= 0.3 is 0 Å². The molecule has 3 N–H and O–H groups in total. The third-order valence-electron chi connectivity index (χ3n) is 2.96. The predicted molar refractivity (Wildman–Crippen MR) is 77.7 cm³/mol. The number of rotatable bonds is 5. The molecule has 5 heteroatoms. The molecule has 0 aliphatic rings. The van der Waals surface area contributed by atoms with Crippen molar-refractivity contribution in [2.45, 2.75) is 39.8 Å². The first kappa shape index (κ1) is 15.2. The molecule has 0 aliphatic carbocycles. The van der Waals surface area contributed by atoms with Gasteiger partial charge in [-0.3, -0.25) is 4.79 Å². The molecule has 1 heterocycles. The number of carbonyl (C=O) groups is 1. The van der Waals surface area contributed by atoms with E-state index in [4.69, 9.17) is 5.73 Å². The van der Waals surface area contributed by atoms with E-state index < -0.39 is 0 Å². The summed E-state index contributed by atoms with van der Waals surface area (Å²) >= 11 is 3.40. The Hall–Kier alpha value is -0.810. The fourth-order valence-corrected chi connectivity index (χ4v) is 2.03. The quantitative estimate of drug-likeness (QED) is 0.877. The van der Waals surface area contributed by atoms with E-state index in [1.165, 1.54) is 0 Å². The van der Waals surface area contributed by atoms with E-state index in [2.05, 4.69) is 21.2 Å². The lowest BCUT2D eigenvalue weighted by molar-refractivity contribution is 0.0938. The summed E-state index contributed by atoms with van der Waals surface area (Å²) in [6.45, 7) is 8.68. The number of amides is 1. The first-order chi connectivity index (χ1) is 8.32. The van der Waals surface area contributed by atoms with Crippen molar-refractivity contribution in [3.8, 4) is 0 Å². The van der Waals surface area contributed by atoms with Crippen molar-refractivity contribution >= 4 is 21.8 Å². The molecule has 0 spiro atoms. The second kappa shape index (κ2) is 6.38. The van der Waals surface area contributed by atoms with Crippen molar-refractivity contribution in [3.63, 3.8) is 0 Å². The molecule has 1 aromatic rings. The molecule has 0 saturated carbocycles. The van der Waals surface area contributed by atoms with E-state index in [0.29, 0.717) is 18.2 Å². The summed E-state index contributed by atoms with van der Waals surface area (Å²) < 4.78 is 2.86. The van der Waals surface area contributed by atoms with Gasteiger partial charge in [0.15, 0.2) is 0 Å². The van der Waals surface area contributed by atoms with Gasteiger partial charge in [0.2, 0.25) is 0 Å².